The molecule has 1 aromatic heterocycles. The van der Waals surface area contributed by atoms with Crippen LogP contribution in [-0.2, 0) is 0 Å². The first-order chi connectivity index (χ1) is 9.65. The van der Waals surface area contributed by atoms with Crippen molar-refractivity contribution in [3.63, 3.8) is 0 Å². The minimum atomic E-state index is 0.338. The third-order valence-corrected chi connectivity index (χ3v) is 3.96. The number of piperidine rings is 1. The Kier molecular flexibility index (Phi) is 5.74. The molecule has 3 heteroatoms. The molecule has 0 saturated carbocycles. The van der Waals surface area contributed by atoms with Gasteiger partial charge in [-0.05, 0) is 58.8 Å². The lowest BCUT2D eigenvalue weighted by molar-refractivity contribution is 0.208. The molecule has 1 unspecified atom stereocenters. The second-order valence-electron chi connectivity index (χ2n) is 6.00. The van der Waals surface area contributed by atoms with Crippen LogP contribution in [0.5, 0.6) is 0 Å². The summed E-state index contributed by atoms with van der Waals surface area (Å²) < 4.78 is 0. The van der Waals surface area contributed by atoms with Gasteiger partial charge in [-0.1, -0.05) is 17.7 Å². The topological polar surface area (TPSA) is 28.2 Å². The second kappa shape index (κ2) is 7.55. The number of pyridine rings is 1. The van der Waals surface area contributed by atoms with Gasteiger partial charge in [0.25, 0.3) is 0 Å². The van der Waals surface area contributed by atoms with Crippen LogP contribution >= 0.6 is 0 Å². The van der Waals surface area contributed by atoms with Gasteiger partial charge in [-0.3, -0.25) is 9.88 Å². The quantitative estimate of drug-likeness (QED) is 0.835. The lowest BCUT2D eigenvalue weighted by atomic mass is 10.0. The van der Waals surface area contributed by atoms with Gasteiger partial charge >= 0.3 is 0 Å². The van der Waals surface area contributed by atoms with E-state index < -0.39 is 0 Å². The van der Waals surface area contributed by atoms with Gasteiger partial charge in [-0.2, -0.15) is 0 Å². The van der Waals surface area contributed by atoms with Crippen LogP contribution < -0.4 is 5.32 Å². The molecular formula is C17H27N3. The molecule has 1 N–H and O–H groups in total. The van der Waals surface area contributed by atoms with E-state index in [1.165, 1.54) is 31.5 Å². The van der Waals surface area contributed by atoms with Crippen molar-refractivity contribution in [3.05, 3.63) is 41.7 Å². The zero-order chi connectivity index (χ0) is 14.4. The van der Waals surface area contributed by atoms with Crippen molar-refractivity contribution in [1.29, 1.82) is 0 Å². The lowest BCUT2D eigenvalue weighted by Gasteiger charge is -2.33. The van der Waals surface area contributed by atoms with E-state index in [1.54, 1.807) is 0 Å². The monoisotopic (exact) mass is 273 g/mol. The number of aromatic nitrogens is 1. The van der Waals surface area contributed by atoms with Crippen LogP contribution in [0, 0.1) is 0 Å². The Morgan fingerprint density at radius 1 is 1.40 bits per heavy atom. The van der Waals surface area contributed by atoms with Crippen LogP contribution in [-0.4, -0.2) is 35.6 Å². The van der Waals surface area contributed by atoms with E-state index in [-0.39, 0.29) is 0 Å². The Morgan fingerprint density at radius 3 is 2.75 bits per heavy atom. The summed E-state index contributed by atoms with van der Waals surface area (Å²) >= 11 is 0. The van der Waals surface area contributed by atoms with Gasteiger partial charge in [0, 0.05) is 24.8 Å². The third-order valence-electron chi connectivity index (χ3n) is 3.96. The Bertz CT molecular complexity index is 415. The van der Waals surface area contributed by atoms with E-state index >= 15 is 0 Å². The molecule has 1 aromatic rings. The lowest BCUT2D eigenvalue weighted by Crippen LogP contribution is -2.43. The minimum Gasteiger partial charge on any atom is -0.306 e. The molecule has 1 fully saturated rings. The normalized spacial score (nSPS) is 18.8. The number of hydrogen-bond acceptors (Lipinski definition) is 3. The fourth-order valence-electron chi connectivity index (χ4n) is 2.66. The van der Waals surface area contributed by atoms with Gasteiger partial charge < -0.3 is 5.32 Å². The molecule has 3 nitrogen and oxygen atoms in total. The largest absolute Gasteiger partial charge is 0.306 e. The molecule has 110 valence electrons. The van der Waals surface area contributed by atoms with Gasteiger partial charge in [0.1, 0.15) is 0 Å². The second-order valence-corrected chi connectivity index (χ2v) is 6.00. The van der Waals surface area contributed by atoms with E-state index in [4.69, 9.17) is 0 Å². The maximum absolute atomic E-state index is 4.43. The predicted octanol–water partition coefficient (Wildman–Crippen LogP) is 3.16. The summed E-state index contributed by atoms with van der Waals surface area (Å²) in [7, 11) is 0. The van der Waals surface area contributed by atoms with Crippen LogP contribution in [0.3, 0.4) is 0 Å². The van der Waals surface area contributed by atoms with Crippen molar-refractivity contribution < 1.29 is 0 Å². The molecular weight excluding hydrogens is 246 g/mol. The predicted molar refractivity (Wildman–Crippen MR) is 84.7 cm³/mol. The first-order valence-corrected chi connectivity index (χ1v) is 7.68. The number of likely N-dealkylation sites (tertiary alicyclic amines) is 1. The van der Waals surface area contributed by atoms with E-state index in [9.17, 15) is 0 Å². The first kappa shape index (κ1) is 15.2. The van der Waals surface area contributed by atoms with Crippen LogP contribution in [0.2, 0.25) is 0 Å². The molecule has 0 aromatic carbocycles. The number of allylic oxidation sites excluding steroid dienone is 1. The number of nitrogens with zero attached hydrogens (tertiary/aromatic N) is 2. The Labute approximate surface area is 123 Å². The molecule has 1 aliphatic heterocycles. The number of nitrogens with one attached hydrogen (secondary N) is 1. The zero-order valence-corrected chi connectivity index (χ0v) is 13.0. The summed E-state index contributed by atoms with van der Waals surface area (Å²) in [4.78, 5) is 6.97. The molecule has 0 spiro atoms. The number of rotatable bonds is 5. The van der Waals surface area contributed by atoms with Gasteiger partial charge in [0.15, 0.2) is 0 Å². The highest BCUT2D eigenvalue weighted by Crippen LogP contribution is 2.16. The van der Waals surface area contributed by atoms with E-state index in [0.29, 0.717) is 12.1 Å². The van der Waals surface area contributed by atoms with Crippen molar-refractivity contribution in [2.45, 2.75) is 45.7 Å². The van der Waals surface area contributed by atoms with E-state index in [1.807, 2.05) is 12.3 Å². The van der Waals surface area contributed by atoms with E-state index in [0.717, 1.165) is 12.2 Å². The molecule has 20 heavy (non-hydrogen) atoms. The van der Waals surface area contributed by atoms with Crippen LogP contribution in [0.4, 0.5) is 0 Å². The van der Waals surface area contributed by atoms with Gasteiger partial charge in [0.2, 0.25) is 0 Å². The molecule has 0 amide bonds. The standard InChI is InChI=1S/C17H27N3/c1-14(2)7-11-20-12-8-16(9-13-20)19-15(3)17-6-4-5-10-18-17/h4-7,10,15-16,19H,8-9,11-13H2,1-3H3. The van der Waals surface area contributed by atoms with Gasteiger partial charge in [-0.25, -0.2) is 0 Å². The third kappa shape index (κ3) is 4.73. The van der Waals surface area contributed by atoms with Crippen molar-refractivity contribution in [2.24, 2.45) is 0 Å². The van der Waals surface area contributed by atoms with Crippen molar-refractivity contribution >= 4 is 0 Å². The average Bonchev–Trinajstić information content (AvgIpc) is 2.47. The molecule has 2 rings (SSSR count). The zero-order valence-electron chi connectivity index (χ0n) is 13.0. The highest BCUT2D eigenvalue weighted by atomic mass is 15.1. The van der Waals surface area contributed by atoms with Gasteiger partial charge in [-0.15, -0.1) is 0 Å². The minimum absolute atomic E-state index is 0.338. The number of hydrogen-bond donors (Lipinski definition) is 1. The summed E-state index contributed by atoms with van der Waals surface area (Å²) in [6.07, 6.45) is 6.65. The summed E-state index contributed by atoms with van der Waals surface area (Å²) in [5, 5.41) is 3.72. The molecule has 1 atom stereocenters. The van der Waals surface area contributed by atoms with Crippen LogP contribution in [0.25, 0.3) is 0 Å². The van der Waals surface area contributed by atoms with Crippen molar-refractivity contribution in [2.75, 3.05) is 19.6 Å². The summed E-state index contributed by atoms with van der Waals surface area (Å²) in [6.45, 7) is 10.0. The fourth-order valence-corrected chi connectivity index (χ4v) is 2.66. The summed E-state index contributed by atoms with van der Waals surface area (Å²) in [6, 6.07) is 7.09. The Hall–Kier alpha value is -1.19. The Balaban J connectivity index is 1.76. The van der Waals surface area contributed by atoms with E-state index in [2.05, 4.69) is 54.2 Å². The first-order valence-electron chi connectivity index (χ1n) is 7.68. The van der Waals surface area contributed by atoms with Crippen molar-refractivity contribution in [3.8, 4) is 0 Å². The molecule has 2 heterocycles. The van der Waals surface area contributed by atoms with Gasteiger partial charge in [0.05, 0.1) is 5.69 Å². The maximum Gasteiger partial charge on any atom is 0.0570 e. The Morgan fingerprint density at radius 2 is 2.15 bits per heavy atom. The highest BCUT2D eigenvalue weighted by molar-refractivity contribution is 5.08. The summed E-state index contributed by atoms with van der Waals surface area (Å²) in [5.74, 6) is 0. The van der Waals surface area contributed by atoms with Crippen LogP contribution in [0.1, 0.15) is 45.3 Å². The smallest absolute Gasteiger partial charge is 0.0570 e. The fraction of sp³-hybridized carbons (Fsp3) is 0.588. The highest BCUT2D eigenvalue weighted by Gasteiger charge is 2.20. The molecule has 0 radical (unpaired) electrons. The SMILES string of the molecule is CC(C)=CCN1CCC(NC(C)c2ccccn2)CC1. The maximum atomic E-state index is 4.43. The molecule has 0 bridgehead atoms. The molecule has 1 aliphatic rings. The van der Waals surface area contributed by atoms with Crippen molar-refractivity contribution in [1.82, 2.24) is 15.2 Å². The average molecular weight is 273 g/mol. The van der Waals surface area contributed by atoms with Crippen LogP contribution in [0.15, 0.2) is 36.0 Å². The molecule has 0 aliphatic carbocycles. The summed E-state index contributed by atoms with van der Waals surface area (Å²) in [5.41, 5.74) is 2.55. The molecule has 1 saturated heterocycles.